The van der Waals surface area contributed by atoms with Gasteiger partial charge in [0.15, 0.2) is 0 Å². The average molecular weight is 325 g/mol. The van der Waals surface area contributed by atoms with Crippen molar-refractivity contribution in [2.75, 3.05) is 26.3 Å². The molecule has 102 valence electrons. The van der Waals surface area contributed by atoms with Crippen LogP contribution in [-0.2, 0) is 9.47 Å². The third-order valence-corrected chi connectivity index (χ3v) is 4.95. The van der Waals surface area contributed by atoms with Gasteiger partial charge in [0.05, 0.1) is 25.6 Å². The van der Waals surface area contributed by atoms with E-state index >= 15 is 0 Å². The highest BCUT2D eigenvalue weighted by Gasteiger charge is 2.11. The fourth-order valence-corrected chi connectivity index (χ4v) is 2.93. The summed E-state index contributed by atoms with van der Waals surface area (Å²) in [5.74, 6) is 0. The molecule has 0 aliphatic rings. The highest BCUT2D eigenvalue weighted by atomic mass is 33.1. The molecule has 0 aliphatic carbocycles. The van der Waals surface area contributed by atoms with Gasteiger partial charge in [-0.1, -0.05) is 37.6 Å². The van der Waals surface area contributed by atoms with Gasteiger partial charge in [-0.05, 0) is 21.6 Å². The van der Waals surface area contributed by atoms with Crippen LogP contribution in [0.5, 0.6) is 0 Å². The molecule has 0 bridgehead atoms. The Hall–Kier alpha value is -0.440. The van der Waals surface area contributed by atoms with Crippen LogP contribution in [0.2, 0.25) is 0 Å². The predicted octanol–water partition coefficient (Wildman–Crippen LogP) is 2.52. The summed E-state index contributed by atoms with van der Waals surface area (Å²) in [4.78, 5) is 1.96. The average Bonchev–Trinajstić information content (AvgIpc) is 2.34. The third kappa shape index (κ3) is 9.58. The van der Waals surface area contributed by atoms with E-state index in [9.17, 15) is 0 Å². The topological polar surface area (TPSA) is 47.7 Å². The van der Waals surface area contributed by atoms with Crippen LogP contribution in [0.4, 0.5) is 0 Å². The summed E-state index contributed by atoms with van der Waals surface area (Å²) in [6.45, 7) is 9.28. The molecule has 0 radical (unpaired) electrons. The van der Waals surface area contributed by atoms with Crippen molar-refractivity contribution in [3.63, 3.8) is 0 Å². The number of hydrogen-bond acceptors (Lipinski definition) is 6. The fourth-order valence-electron chi connectivity index (χ4n) is 0.916. The van der Waals surface area contributed by atoms with Gasteiger partial charge in [-0.15, -0.1) is 0 Å². The van der Waals surface area contributed by atoms with Crippen molar-refractivity contribution in [1.82, 2.24) is 4.90 Å². The van der Waals surface area contributed by atoms with Crippen LogP contribution >= 0.6 is 46.0 Å². The van der Waals surface area contributed by atoms with Crippen molar-refractivity contribution in [3.05, 3.63) is 25.7 Å². The Morgan fingerprint density at radius 3 is 2.00 bits per heavy atom. The molecule has 8 heteroatoms. The zero-order chi connectivity index (χ0) is 13.8. The van der Waals surface area contributed by atoms with E-state index in [0.717, 1.165) is 0 Å². The monoisotopic (exact) mass is 324 g/mol. The minimum Gasteiger partial charge on any atom is -0.500 e. The molecular weight excluding hydrogens is 308 g/mol. The SMILES string of the molecule is C=COCCN(CCOC=C)C(=S)SSC(N)=S. The van der Waals surface area contributed by atoms with E-state index in [0.29, 0.717) is 34.9 Å². The van der Waals surface area contributed by atoms with E-state index in [1.807, 2.05) is 4.90 Å². The molecule has 4 nitrogen and oxygen atoms in total. The summed E-state index contributed by atoms with van der Waals surface area (Å²) in [6.07, 6.45) is 2.80. The van der Waals surface area contributed by atoms with Gasteiger partial charge in [-0.2, -0.15) is 0 Å². The fraction of sp³-hybridized carbons (Fsp3) is 0.400. The van der Waals surface area contributed by atoms with Crippen molar-refractivity contribution in [3.8, 4) is 0 Å². The van der Waals surface area contributed by atoms with E-state index in [2.05, 4.69) is 13.2 Å². The zero-order valence-electron chi connectivity index (χ0n) is 9.87. The lowest BCUT2D eigenvalue weighted by Crippen LogP contribution is -2.33. The Kier molecular flexibility index (Phi) is 11.4. The second-order valence-electron chi connectivity index (χ2n) is 2.81. The summed E-state index contributed by atoms with van der Waals surface area (Å²) < 4.78 is 11.2. The zero-order valence-corrected chi connectivity index (χ0v) is 13.1. The first kappa shape index (κ1) is 17.6. The Balaban J connectivity index is 4.14. The largest absolute Gasteiger partial charge is 0.500 e. The van der Waals surface area contributed by atoms with Crippen molar-refractivity contribution in [2.24, 2.45) is 5.73 Å². The molecule has 0 atom stereocenters. The number of thiocarbonyl (C=S) groups is 2. The molecule has 0 aromatic carbocycles. The van der Waals surface area contributed by atoms with Gasteiger partial charge in [0.2, 0.25) is 0 Å². The Morgan fingerprint density at radius 1 is 1.11 bits per heavy atom. The van der Waals surface area contributed by atoms with Gasteiger partial charge in [0.25, 0.3) is 0 Å². The van der Waals surface area contributed by atoms with Gasteiger partial charge in [0.1, 0.15) is 21.9 Å². The lowest BCUT2D eigenvalue weighted by Gasteiger charge is -2.23. The number of nitrogens with two attached hydrogens (primary N) is 1. The molecule has 0 saturated carbocycles. The van der Waals surface area contributed by atoms with E-state index in [-0.39, 0.29) is 0 Å². The molecule has 0 aromatic heterocycles. The van der Waals surface area contributed by atoms with Crippen LogP contribution in [-0.4, -0.2) is 39.8 Å². The molecule has 0 rings (SSSR count). The smallest absolute Gasteiger partial charge is 0.147 e. The highest BCUT2D eigenvalue weighted by Crippen LogP contribution is 2.24. The highest BCUT2D eigenvalue weighted by molar-refractivity contribution is 8.89. The molecule has 0 spiro atoms. The third-order valence-electron chi connectivity index (χ3n) is 1.65. The van der Waals surface area contributed by atoms with Crippen LogP contribution in [0.3, 0.4) is 0 Å². The Labute approximate surface area is 126 Å². The van der Waals surface area contributed by atoms with Crippen molar-refractivity contribution >= 4 is 54.7 Å². The van der Waals surface area contributed by atoms with Crippen molar-refractivity contribution in [1.29, 1.82) is 0 Å². The van der Waals surface area contributed by atoms with Gasteiger partial charge < -0.3 is 20.1 Å². The first-order valence-electron chi connectivity index (χ1n) is 4.99. The Morgan fingerprint density at radius 2 is 1.61 bits per heavy atom. The summed E-state index contributed by atoms with van der Waals surface area (Å²) in [5.41, 5.74) is 5.40. The van der Waals surface area contributed by atoms with Crippen LogP contribution in [0, 0.1) is 0 Å². The lowest BCUT2D eigenvalue weighted by atomic mass is 10.5. The van der Waals surface area contributed by atoms with E-state index in [1.165, 1.54) is 34.1 Å². The normalized spacial score (nSPS) is 9.33. The molecule has 18 heavy (non-hydrogen) atoms. The standard InChI is InChI=1S/C10H16N2O2S4/c1-3-13-7-5-12(6-8-14-4-2)10(16)18-17-9(11)15/h3-4H,1-2,5-8H2,(H2,11,15). The molecule has 0 amide bonds. The Bertz CT molecular complexity index is 286. The molecule has 0 unspecified atom stereocenters. The summed E-state index contributed by atoms with van der Waals surface area (Å²) in [5, 5.41) is 0. The van der Waals surface area contributed by atoms with E-state index in [1.54, 1.807) is 0 Å². The van der Waals surface area contributed by atoms with Crippen molar-refractivity contribution < 1.29 is 9.47 Å². The quantitative estimate of drug-likeness (QED) is 0.316. The second-order valence-corrected chi connectivity index (χ2v) is 6.32. The maximum Gasteiger partial charge on any atom is 0.147 e. The minimum atomic E-state index is 0.354. The lowest BCUT2D eigenvalue weighted by molar-refractivity contribution is 0.187. The molecule has 0 aromatic rings. The molecule has 0 fully saturated rings. The van der Waals surface area contributed by atoms with Gasteiger partial charge in [-0.3, -0.25) is 0 Å². The number of nitrogens with zero attached hydrogens (tertiary/aromatic N) is 1. The summed E-state index contributed by atoms with van der Waals surface area (Å²) in [7, 11) is 2.62. The second kappa shape index (κ2) is 11.6. The molecule has 0 saturated heterocycles. The van der Waals surface area contributed by atoms with Gasteiger partial charge >= 0.3 is 0 Å². The minimum absolute atomic E-state index is 0.354. The molecule has 0 heterocycles. The summed E-state index contributed by atoms with van der Waals surface area (Å²) >= 11 is 10.1. The summed E-state index contributed by atoms with van der Waals surface area (Å²) in [6, 6.07) is 0. The van der Waals surface area contributed by atoms with E-state index in [4.69, 9.17) is 39.6 Å². The molecular formula is C10H16N2O2S4. The number of rotatable bonds is 8. The van der Waals surface area contributed by atoms with E-state index < -0.39 is 0 Å². The molecule has 2 N–H and O–H groups in total. The maximum absolute atomic E-state index is 5.40. The van der Waals surface area contributed by atoms with Crippen LogP contribution in [0.1, 0.15) is 0 Å². The number of ether oxygens (including phenoxy) is 2. The van der Waals surface area contributed by atoms with Gasteiger partial charge in [0, 0.05) is 0 Å². The van der Waals surface area contributed by atoms with Crippen LogP contribution < -0.4 is 5.73 Å². The van der Waals surface area contributed by atoms with Gasteiger partial charge in [-0.25, -0.2) is 0 Å². The van der Waals surface area contributed by atoms with Crippen LogP contribution in [0.15, 0.2) is 25.7 Å². The number of hydrogen-bond donors (Lipinski definition) is 1. The molecule has 0 aliphatic heterocycles. The maximum atomic E-state index is 5.40. The first-order chi connectivity index (χ1) is 8.61. The van der Waals surface area contributed by atoms with Crippen molar-refractivity contribution in [2.45, 2.75) is 0 Å². The predicted molar refractivity (Wildman–Crippen MR) is 88.4 cm³/mol. The van der Waals surface area contributed by atoms with Crippen LogP contribution in [0.25, 0.3) is 0 Å². The first-order valence-corrected chi connectivity index (χ1v) is 7.96.